The van der Waals surface area contributed by atoms with Crippen molar-refractivity contribution >= 4 is 22.0 Å². The number of nitrogens with zero attached hydrogens (tertiary/aromatic N) is 2. The van der Waals surface area contributed by atoms with Crippen LogP contribution in [0, 0.1) is 5.92 Å². The van der Waals surface area contributed by atoms with Gasteiger partial charge in [-0.2, -0.15) is 0 Å². The van der Waals surface area contributed by atoms with Crippen molar-refractivity contribution in [2.24, 2.45) is 5.92 Å². The summed E-state index contributed by atoms with van der Waals surface area (Å²) in [6.45, 7) is 0.0209. The molecule has 2 aliphatic heterocycles. The number of carbonyl (C=O) groups excluding carboxylic acids is 1. The lowest BCUT2D eigenvalue weighted by molar-refractivity contribution is -0.142. The Hall–Kier alpha value is -1.35. The molecule has 2 saturated heterocycles. The van der Waals surface area contributed by atoms with Crippen LogP contribution < -0.4 is 5.32 Å². The number of carboxylic acid groups (broad SMARTS) is 1. The number of carbonyl (C=O) groups is 2. The Morgan fingerprint density at radius 1 is 1.33 bits per heavy atom. The minimum absolute atomic E-state index is 0.0209. The molecule has 2 rings (SSSR count). The van der Waals surface area contributed by atoms with Crippen LogP contribution in [0.1, 0.15) is 19.3 Å². The summed E-state index contributed by atoms with van der Waals surface area (Å²) in [5.74, 6) is -1.53. The number of sulfonamides is 1. The Bertz CT molecular complexity index is 533. The molecule has 0 radical (unpaired) electrons. The molecule has 2 fully saturated rings. The summed E-state index contributed by atoms with van der Waals surface area (Å²) in [5.41, 5.74) is 0. The molecule has 0 aromatic rings. The van der Waals surface area contributed by atoms with E-state index in [0.29, 0.717) is 12.8 Å². The second-order valence-corrected chi connectivity index (χ2v) is 8.02. The van der Waals surface area contributed by atoms with E-state index in [1.165, 1.54) is 14.1 Å². The molecular weight excluding hydrogens is 298 g/mol. The highest BCUT2D eigenvalue weighted by molar-refractivity contribution is 7.89. The highest BCUT2D eigenvalue weighted by Crippen LogP contribution is 2.41. The SMILES string of the molecule is CN(C)S(=O)(=O)CCNC(=O)N1C2CCC1C(C(=O)O)C2. The topological polar surface area (TPSA) is 107 Å². The predicted molar refractivity (Wildman–Crippen MR) is 75.3 cm³/mol. The summed E-state index contributed by atoms with van der Waals surface area (Å²) in [6.07, 6.45) is 2.01. The summed E-state index contributed by atoms with van der Waals surface area (Å²) >= 11 is 0. The van der Waals surface area contributed by atoms with Gasteiger partial charge in [0, 0.05) is 32.7 Å². The van der Waals surface area contributed by atoms with Crippen molar-refractivity contribution in [2.75, 3.05) is 26.4 Å². The molecule has 9 heteroatoms. The minimum atomic E-state index is -3.35. The average Bonchev–Trinajstić information content (AvgIpc) is 2.95. The third-order valence-electron chi connectivity index (χ3n) is 4.28. The van der Waals surface area contributed by atoms with E-state index in [-0.39, 0.29) is 30.4 Å². The number of rotatable bonds is 5. The molecule has 3 unspecified atom stereocenters. The first-order chi connectivity index (χ1) is 9.74. The van der Waals surface area contributed by atoms with Crippen molar-refractivity contribution < 1.29 is 23.1 Å². The Labute approximate surface area is 124 Å². The molecule has 8 nitrogen and oxygen atoms in total. The Kier molecular flexibility index (Phi) is 4.43. The monoisotopic (exact) mass is 319 g/mol. The Morgan fingerprint density at radius 2 is 2.00 bits per heavy atom. The molecule has 2 aliphatic rings. The zero-order valence-corrected chi connectivity index (χ0v) is 13.0. The molecule has 2 amide bonds. The van der Waals surface area contributed by atoms with Gasteiger partial charge >= 0.3 is 12.0 Å². The van der Waals surface area contributed by atoms with Crippen LogP contribution in [0.4, 0.5) is 4.79 Å². The third kappa shape index (κ3) is 3.13. The normalized spacial score (nSPS) is 28.1. The van der Waals surface area contributed by atoms with Gasteiger partial charge in [0.2, 0.25) is 10.0 Å². The van der Waals surface area contributed by atoms with E-state index in [2.05, 4.69) is 5.32 Å². The maximum Gasteiger partial charge on any atom is 0.317 e. The van der Waals surface area contributed by atoms with Crippen LogP contribution in [0.5, 0.6) is 0 Å². The molecule has 0 aromatic carbocycles. The third-order valence-corrected chi connectivity index (χ3v) is 6.11. The van der Waals surface area contributed by atoms with E-state index in [1.54, 1.807) is 4.90 Å². The fourth-order valence-electron chi connectivity index (χ4n) is 3.13. The molecule has 0 aromatic heterocycles. The van der Waals surface area contributed by atoms with Crippen LogP contribution in [0.3, 0.4) is 0 Å². The van der Waals surface area contributed by atoms with Crippen molar-refractivity contribution in [1.82, 2.24) is 14.5 Å². The van der Waals surface area contributed by atoms with Crippen LogP contribution >= 0.6 is 0 Å². The van der Waals surface area contributed by atoms with Gasteiger partial charge < -0.3 is 15.3 Å². The highest BCUT2D eigenvalue weighted by atomic mass is 32.2. The minimum Gasteiger partial charge on any atom is -0.481 e. The quantitative estimate of drug-likeness (QED) is 0.712. The average molecular weight is 319 g/mol. The fraction of sp³-hybridized carbons (Fsp3) is 0.833. The van der Waals surface area contributed by atoms with Gasteiger partial charge in [0.25, 0.3) is 0 Å². The van der Waals surface area contributed by atoms with Crippen LogP contribution in [0.25, 0.3) is 0 Å². The van der Waals surface area contributed by atoms with Gasteiger partial charge in [-0.05, 0) is 19.3 Å². The lowest BCUT2D eigenvalue weighted by atomic mass is 9.89. The number of nitrogens with one attached hydrogen (secondary N) is 1. The van der Waals surface area contributed by atoms with Crippen molar-refractivity contribution in [3.63, 3.8) is 0 Å². The summed E-state index contributed by atoms with van der Waals surface area (Å²) in [6, 6.07) is -0.667. The molecule has 3 atom stereocenters. The van der Waals surface area contributed by atoms with Crippen molar-refractivity contribution in [3.05, 3.63) is 0 Å². The van der Waals surface area contributed by atoms with Crippen molar-refractivity contribution in [1.29, 1.82) is 0 Å². The Morgan fingerprint density at radius 3 is 2.52 bits per heavy atom. The molecule has 0 aliphatic carbocycles. The number of urea groups is 1. The van der Waals surface area contributed by atoms with Gasteiger partial charge in [0.15, 0.2) is 0 Å². The highest BCUT2D eigenvalue weighted by Gasteiger charge is 2.51. The lowest BCUT2D eigenvalue weighted by Crippen LogP contribution is -2.46. The van der Waals surface area contributed by atoms with E-state index in [9.17, 15) is 18.0 Å². The molecule has 0 spiro atoms. The number of hydrogen-bond acceptors (Lipinski definition) is 4. The van der Waals surface area contributed by atoms with E-state index < -0.39 is 21.9 Å². The number of fused-ring (bicyclic) bond motifs is 2. The van der Waals surface area contributed by atoms with Crippen LogP contribution in [0.15, 0.2) is 0 Å². The first-order valence-corrected chi connectivity index (χ1v) is 8.54. The molecule has 2 N–H and O–H groups in total. The molecular formula is C12H21N3O5S. The second-order valence-electron chi connectivity index (χ2n) is 5.72. The van der Waals surface area contributed by atoms with Gasteiger partial charge in [-0.25, -0.2) is 17.5 Å². The van der Waals surface area contributed by atoms with Gasteiger partial charge in [-0.15, -0.1) is 0 Å². The van der Waals surface area contributed by atoms with Gasteiger partial charge in [-0.3, -0.25) is 4.79 Å². The molecule has 21 heavy (non-hydrogen) atoms. The summed E-state index contributed by atoms with van der Waals surface area (Å²) < 4.78 is 24.3. The predicted octanol–water partition coefficient (Wildman–Crippen LogP) is -0.475. The molecule has 120 valence electrons. The summed E-state index contributed by atoms with van der Waals surface area (Å²) in [5, 5.41) is 11.7. The van der Waals surface area contributed by atoms with Crippen LogP contribution in [-0.4, -0.2) is 73.2 Å². The Balaban J connectivity index is 1.89. The number of hydrogen-bond donors (Lipinski definition) is 2. The van der Waals surface area contributed by atoms with Crippen LogP contribution in [-0.2, 0) is 14.8 Å². The fourth-order valence-corrected chi connectivity index (χ4v) is 3.86. The first-order valence-electron chi connectivity index (χ1n) is 6.93. The van der Waals surface area contributed by atoms with Gasteiger partial charge in [0.05, 0.1) is 11.7 Å². The summed E-state index contributed by atoms with van der Waals surface area (Å²) in [4.78, 5) is 24.9. The molecule has 2 bridgehead atoms. The van der Waals surface area contributed by atoms with Crippen molar-refractivity contribution in [3.8, 4) is 0 Å². The molecule has 0 saturated carbocycles. The van der Waals surface area contributed by atoms with Crippen LogP contribution in [0.2, 0.25) is 0 Å². The zero-order valence-electron chi connectivity index (χ0n) is 12.2. The number of aliphatic carboxylic acids is 1. The molecule has 2 heterocycles. The number of amides is 2. The van der Waals surface area contributed by atoms with E-state index >= 15 is 0 Å². The largest absolute Gasteiger partial charge is 0.481 e. The van der Waals surface area contributed by atoms with E-state index in [4.69, 9.17) is 5.11 Å². The van der Waals surface area contributed by atoms with Gasteiger partial charge in [-0.1, -0.05) is 0 Å². The number of carboxylic acids is 1. The maximum absolute atomic E-state index is 12.1. The lowest BCUT2D eigenvalue weighted by Gasteiger charge is -2.23. The van der Waals surface area contributed by atoms with Crippen molar-refractivity contribution in [2.45, 2.75) is 31.3 Å². The van der Waals surface area contributed by atoms with E-state index in [1.807, 2.05) is 0 Å². The second kappa shape index (κ2) is 5.80. The standard InChI is InChI=1S/C12H21N3O5S/c1-14(2)21(19,20)6-5-13-12(18)15-8-3-4-10(15)9(7-8)11(16)17/h8-10H,3-7H2,1-2H3,(H,13,18)(H,16,17). The van der Waals surface area contributed by atoms with E-state index in [0.717, 1.165) is 10.7 Å². The first kappa shape index (κ1) is 16.0. The zero-order chi connectivity index (χ0) is 15.8. The smallest absolute Gasteiger partial charge is 0.317 e. The summed E-state index contributed by atoms with van der Waals surface area (Å²) in [7, 11) is -0.467. The van der Waals surface area contributed by atoms with Gasteiger partial charge in [0.1, 0.15) is 0 Å². The maximum atomic E-state index is 12.1.